The van der Waals surface area contributed by atoms with E-state index in [1.165, 1.54) is 20.8 Å². The molecule has 2 heterocycles. The topological polar surface area (TPSA) is 196 Å². The minimum Gasteiger partial charge on any atom is -0.476 e. The van der Waals surface area contributed by atoms with Crippen molar-refractivity contribution in [1.82, 2.24) is 10.2 Å². The van der Waals surface area contributed by atoms with Crippen LogP contribution in [0.2, 0.25) is 0 Å². The van der Waals surface area contributed by atoms with Crippen LogP contribution in [-0.2, 0) is 27.2 Å². The van der Waals surface area contributed by atoms with Gasteiger partial charge < -0.3 is 21.1 Å². The molecule has 0 radical (unpaired) electrons. The van der Waals surface area contributed by atoms with E-state index in [2.05, 4.69) is 25.8 Å². The third-order valence-electron chi connectivity index (χ3n) is 9.40. The van der Waals surface area contributed by atoms with Crippen molar-refractivity contribution in [1.29, 1.82) is 0 Å². The van der Waals surface area contributed by atoms with Gasteiger partial charge in [0.25, 0.3) is 5.91 Å². The standard InChI is InChI=1S/C23H24N4O3.C21H21N3O3/c1-14(28)16-9-11-18(12-10-16)25-26-20(22(24)30)21-19-8-6-5-7-17(19)13-23(3,4)27(21)15(2)29;1-13(25)14-8-10-16(11-9-14)23-24-19(20(26)27)18-17-7-5-4-6-15(17)12-21(2,3)22-18/h5-12H,13H2,1-4H3,(H2,24,30);4-11,22H,12H2,1-3H3,(H,26,27)/b21-20+,26-25+;19-18-,24-23+. The third kappa shape index (κ3) is 9.68. The summed E-state index contributed by atoms with van der Waals surface area (Å²) in [6, 6.07) is 28.3. The molecule has 292 valence electrons. The average Bonchev–Trinajstić information content (AvgIpc) is 3.14. The van der Waals surface area contributed by atoms with Gasteiger partial charge >= 0.3 is 5.97 Å². The van der Waals surface area contributed by atoms with E-state index in [1.807, 2.05) is 76.2 Å². The van der Waals surface area contributed by atoms with Gasteiger partial charge in [-0.25, -0.2) is 4.79 Å². The zero-order chi connectivity index (χ0) is 41.7. The Morgan fingerprint density at radius 1 is 0.649 bits per heavy atom. The van der Waals surface area contributed by atoms with Gasteiger partial charge in [0.1, 0.15) is 0 Å². The Bertz CT molecular complexity index is 2370. The number of azo groups is 2. The van der Waals surface area contributed by atoms with E-state index in [0.29, 0.717) is 40.3 Å². The number of carbonyl (C=O) groups excluding carboxylic acids is 4. The van der Waals surface area contributed by atoms with E-state index in [0.717, 1.165) is 28.7 Å². The summed E-state index contributed by atoms with van der Waals surface area (Å²) >= 11 is 0. The Balaban J connectivity index is 0.000000219. The molecule has 4 aromatic carbocycles. The van der Waals surface area contributed by atoms with Crippen molar-refractivity contribution in [2.45, 2.75) is 72.4 Å². The van der Waals surface area contributed by atoms with E-state index < -0.39 is 17.4 Å². The third-order valence-corrected chi connectivity index (χ3v) is 9.40. The quantitative estimate of drug-likeness (QED) is 0.0909. The Labute approximate surface area is 331 Å². The number of hydrogen-bond acceptors (Lipinski definition) is 10. The highest BCUT2D eigenvalue weighted by Crippen LogP contribution is 2.40. The number of fused-ring (bicyclic) bond motifs is 2. The highest BCUT2D eigenvalue weighted by atomic mass is 16.4. The molecule has 2 aliphatic heterocycles. The number of rotatable bonds is 8. The molecule has 0 unspecified atom stereocenters. The summed E-state index contributed by atoms with van der Waals surface area (Å²) in [4.78, 5) is 61.2. The number of carboxylic acid groups (broad SMARTS) is 1. The van der Waals surface area contributed by atoms with Crippen LogP contribution < -0.4 is 11.1 Å². The number of nitrogens with one attached hydrogen (secondary N) is 1. The van der Waals surface area contributed by atoms with Crippen LogP contribution in [0.5, 0.6) is 0 Å². The molecule has 0 aromatic heterocycles. The molecule has 13 heteroatoms. The number of ketones is 2. The van der Waals surface area contributed by atoms with Gasteiger partial charge in [0.05, 0.1) is 22.8 Å². The van der Waals surface area contributed by atoms with Crippen LogP contribution in [-0.4, -0.2) is 50.4 Å². The fourth-order valence-electron chi connectivity index (χ4n) is 6.88. The summed E-state index contributed by atoms with van der Waals surface area (Å²) in [6.45, 7) is 12.3. The predicted octanol–water partition coefficient (Wildman–Crippen LogP) is 8.36. The van der Waals surface area contributed by atoms with Crippen molar-refractivity contribution in [2.24, 2.45) is 26.2 Å². The highest BCUT2D eigenvalue weighted by molar-refractivity contribution is 6.03. The van der Waals surface area contributed by atoms with Crippen LogP contribution in [0.1, 0.15) is 91.4 Å². The molecule has 0 spiro atoms. The lowest BCUT2D eigenvalue weighted by atomic mass is 9.83. The number of carbonyl (C=O) groups is 5. The van der Waals surface area contributed by atoms with Crippen LogP contribution in [0.4, 0.5) is 11.4 Å². The molecule has 13 nitrogen and oxygen atoms in total. The lowest BCUT2D eigenvalue weighted by Gasteiger charge is -2.44. The summed E-state index contributed by atoms with van der Waals surface area (Å²) in [5.74, 6) is -2.26. The van der Waals surface area contributed by atoms with Gasteiger partial charge in [-0.15, -0.1) is 10.2 Å². The lowest BCUT2D eigenvalue weighted by Crippen LogP contribution is -2.50. The first-order valence-corrected chi connectivity index (χ1v) is 18.2. The van der Waals surface area contributed by atoms with E-state index >= 15 is 0 Å². The first kappa shape index (κ1) is 41.3. The van der Waals surface area contributed by atoms with Crippen LogP contribution in [0, 0.1) is 0 Å². The van der Waals surface area contributed by atoms with Gasteiger partial charge in [0, 0.05) is 40.3 Å². The number of primary amides is 1. The monoisotopic (exact) mass is 767 g/mol. The lowest BCUT2D eigenvalue weighted by molar-refractivity contribution is -0.133. The van der Waals surface area contributed by atoms with Crippen LogP contribution >= 0.6 is 0 Å². The van der Waals surface area contributed by atoms with Crippen molar-refractivity contribution in [3.63, 3.8) is 0 Å². The van der Waals surface area contributed by atoms with Gasteiger partial charge in [0.15, 0.2) is 23.0 Å². The maximum absolute atomic E-state index is 12.6. The number of nitrogens with zero attached hydrogens (tertiary/aromatic N) is 5. The maximum Gasteiger partial charge on any atom is 0.358 e. The van der Waals surface area contributed by atoms with E-state index in [9.17, 15) is 29.1 Å². The molecule has 4 N–H and O–H groups in total. The number of amides is 2. The van der Waals surface area contributed by atoms with Gasteiger partial charge in [0.2, 0.25) is 5.91 Å². The van der Waals surface area contributed by atoms with E-state index in [1.54, 1.807) is 53.4 Å². The van der Waals surface area contributed by atoms with Crippen molar-refractivity contribution < 1.29 is 29.1 Å². The molecule has 0 bridgehead atoms. The number of nitrogens with two attached hydrogens (primary N) is 1. The summed E-state index contributed by atoms with van der Waals surface area (Å²) in [7, 11) is 0. The molecule has 0 fully saturated rings. The van der Waals surface area contributed by atoms with Gasteiger partial charge in [-0.3, -0.25) is 19.2 Å². The predicted molar refractivity (Wildman–Crippen MR) is 217 cm³/mol. The molecular formula is C44H45N7O6. The number of benzene rings is 4. The average molecular weight is 768 g/mol. The molecule has 0 saturated carbocycles. The summed E-state index contributed by atoms with van der Waals surface area (Å²) in [6.07, 6.45) is 1.41. The van der Waals surface area contributed by atoms with Crippen molar-refractivity contribution in [3.8, 4) is 0 Å². The molecule has 6 rings (SSSR count). The molecule has 4 aromatic rings. The molecular weight excluding hydrogens is 723 g/mol. The second kappa shape index (κ2) is 16.9. The minimum absolute atomic E-state index is 0.0444. The second-order valence-electron chi connectivity index (χ2n) is 15.0. The first-order valence-electron chi connectivity index (χ1n) is 18.2. The molecule has 0 saturated heterocycles. The normalized spacial score (nSPS) is 17.0. The van der Waals surface area contributed by atoms with E-state index in [-0.39, 0.29) is 34.4 Å². The van der Waals surface area contributed by atoms with Crippen LogP contribution in [0.3, 0.4) is 0 Å². The summed E-state index contributed by atoms with van der Waals surface area (Å²) in [5.41, 5.74) is 11.0. The van der Waals surface area contributed by atoms with Gasteiger partial charge in [-0.05, 0) is 114 Å². The largest absolute Gasteiger partial charge is 0.476 e. The molecule has 0 atom stereocenters. The molecule has 57 heavy (non-hydrogen) atoms. The zero-order valence-corrected chi connectivity index (χ0v) is 33.0. The molecule has 2 amide bonds. The number of aliphatic carboxylic acids is 1. The fraction of sp³-hybridized carbons (Fsp3) is 0.250. The van der Waals surface area contributed by atoms with Crippen molar-refractivity contribution in [2.75, 3.05) is 0 Å². The maximum atomic E-state index is 12.6. The molecule has 2 aliphatic rings. The second-order valence-corrected chi connectivity index (χ2v) is 15.0. The van der Waals surface area contributed by atoms with Gasteiger partial charge in [-0.1, -0.05) is 48.5 Å². The number of hydrogen-bond donors (Lipinski definition) is 3. The Kier molecular flexibility index (Phi) is 12.2. The number of Topliss-reactive ketones (excluding diaryl/α,β-unsaturated/α-hetero) is 2. The van der Waals surface area contributed by atoms with Gasteiger partial charge in [-0.2, -0.15) is 10.2 Å². The summed E-state index contributed by atoms with van der Waals surface area (Å²) in [5, 5.41) is 29.4. The van der Waals surface area contributed by atoms with Crippen molar-refractivity contribution >= 4 is 52.1 Å². The van der Waals surface area contributed by atoms with E-state index in [4.69, 9.17) is 5.73 Å². The Hall–Kier alpha value is -6.89. The zero-order valence-electron chi connectivity index (χ0n) is 33.0. The SMILES string of the molecule is CC(=O)c1ccc(/N=N/C(C(=O)O)=C2\NC(C)(C)Cc3ccccc32)cc1.CC(=O)c1ccc(/N=N/C(C(N)=O)=C2\c3ccccc3CC(C)(C)N2C(C)=O)cc1. The molecule has 0 aliphatic carbocycles. The first-order chi connectivity index (χ1) is 26.9. The van der Waals surface area contributed by atoms with Crippen molar-refractivity contribution in [3.05, 3.63) is 142 Å². The summed E-state index contributed by atoms with van der Waals surface area (Å²) < 4.78 is 0. The van der Waals surface area contributed by atoms with Crippen LogP contribution in [0.15, 0.2) is 129 Å². The van der Waals surface area contributed by atoms with Crippen LogP contribution in [0.25, 0.3) is 11.4 Å². The minimum atomic E-state index is -1.16. The Morgan fingerprint density at radius 3 is 1.56 bits per heavy atom. The Morgan fingerprint density at radius 2 is 1.11 bits per heavy atom. The fourth-order valence-corrected chi connectivity index (χ4v) is 6.88. The smallest absolute Gasteiger partial charge is 0.358 e. The number of carboxylic acids is 1. The highest BCUT2D eigenvalue weighted by Gasteiger charge is 2.40.